The van der Waals surface area contributed by atoms with Crippen LogP contribution in [-0.2, 0) is 0 Å². The lowest BCUT2D eigenvalue weighted by Gasteiger charge is -2.46. The molecule has 1 rings (SSSR count). The average molecular weight is 321 g/mol. The summed E-state index contributed by atoms with van der Waals surface area (Å²) >= 11 is 0. The number of hydrogen-bond donors (Lipinski definition) is 1. The van der Waals surface area contributed by atoms with Crippen molar-refractivity contribution in [2.24, 2.45) is 21.7 Å². The van der Waals surface area contributed by atoms with Gasteiger partial charge in [0.2, 0.25) is 0 Å². The topological polar surface area (TPSA) is 20.2 Å². The van der Waals surface area contributed by atoms with Crippen molar-refractivity contribution in [3.8, 4) is 0 Å². The Morgan fingerprint density at radius 2 is 1.35 bits per heavy atom. The zero-order chi connectivity index (χ0) is 18.3. The first kappa shape index (κ1) is 20.5. The summed E-state index contributed by atoms with van der Waals surface area (Å²) in [7, 11) is 0. The second kappa shape index (κ2) is 6.06. The summed E-state index contributed by atoms with van der Waals surface area (Å²) in [5.41, 5.74) is 1.13. The minimum atomic E-state index is -0.748. The van der Waals surface area contributed by atoms with E-state index >= 15 is 0 Å². The highest BCUT2D eigenvalue weighted by atomic mass is 16.3. The third kappa shape index (κ3) is 5.48. The molecule has 0 bridgehead atoms. The van der Waals surface area contributed by atoms with Gasteiger partial charge < -0.3 is 5.11 Å². The molecule has 1 nitrogen and oxygen atoms in total. The van der Waals surface area contributed by atoms with E-state index in [1.54, 1.807) is 0 Å². The van der Waals surface area contributed by atoms with Crippen molar-refractivity contribution >= 4 is 0 Å². The summed E-state index contributed by atoms with van der Waals surface area (Å²) < 4.78 is 0. The SMILES string of the molecule is CC(C)(C)CC(C)(C)C1=CCC(O)(C(C)(C)CC(C)(C)C)C=C1. The van der Waals surface area contributed by atoms with E-state index < -0.39 is 5.60 Å². The minimum Gasteiger partial charge on any atom is -0.385 e. The monoisotopic (exact) mass is 320 g/mol. The van der Waals surface area contributed by atoms with Crippen LogP contribution >= 0.6 is 0 Å². The van der Waals surface area contributed by atoms with Gasteiger partial charge in [0, 0.05) is 0 Å². The fourth-order valence-electron chi connectivity index (χ4n) is 4.54. The van der Waals surface area contributed by atoms with Gasteiger partial charge in [-0.05, 0) is 46.5 Å². The van der Waals surface area contributed by atoms with Crippen molar-refractivity contribution in [2.75, 3.05) is 0 Å². The van der Waals surface area contributed by atoms with Crippen molar-refractivity contribution in [2.45, 2.75) is 94.1 Å². The van der Waals surface area contributed by atoms with Gasteiger partial charge >= 0.3 is 0 Å². The molecule has 0 radical (unpaired) electrons. The summed E-state index contributed by atoms with van der Waals surface area (Å²) in [6.45, 7) is 22.7. The van der Waals surface area contributed by atoms with E-state index in [1.807, 2.05) is 0 Å². The van der Waals surface area contributed by atoms with Crippen molar-refractivity contribution in [1.82, 2.24) is 0 Å². The molecule has 1 heteroatoms. The van der Waals surface area contributed by atoms with Crippen LogP contribution in [0.3, 0.4) is 0 Å². The van der Waals surface area contributed by atoms with Gasteiger partial charge in [-0.15, -0.1) is 0 Å². The van der Waals surface area contributed by atoms with Crippen LogP contribution in [-0.4, -0.2) is 10.7 Å². The van der Waals surface area contributed by atoms with Gasteiger partial charge in [0.1, 0.15) is 0 Å². The molecule has 1 N–H and O–H groups in total. The van der Waals surface area contributed by atoms with E-state index in [-0.39, 0.29) is 16.2 Å². The summed E-state index contributed by atoms with van der Waals surface area (Å²) in [5, 5.41) is 11.2. The zero-order valence-corrected chi connectivity index (χ0v) is 17.3. The highest BCUT2D eigenvalue weighted by Crippen LogP contribution is 2.48. The summed E-state index contributed by atoms with van der Waals surface area (Å²) in [5.74, 6) is 0. The van der Waals surface area contributed by atoms with Crippen LogP contribution in [0.5, 0.6) is 0 Å². The van der Waals surface area contributed by atoms with Gasteiger partial charge in [0.05, 0.1) is 5.60 Å². The lowest BCUT2D eigenvalue weighted by atomic mass is 9.62. The molecule has 0 aromatic rings. The molecular weight excluding hydrogens is 280 g/mol. The fourth-order valence-corrected chi connectivity index (χ4v) is 4.54. The molecule has 1 atom stereocenters. The van der Waals surface area contributed by atoms with E-state index in [4.69, 9.17) is 0 Å². The molecule has 0 amide bonds. The molecule has 0 spiro atoms. The smallest absolute Gasteiger partial charge is 0.0916 e. The van der Waals surface area contributed by atoms with Crippen molar-refractivity contribution < 1.29 is 5.11 Å². The van der Waals surface area contributed by atoms with Gasteiger partial charge in [0.25, 0.3) is 0 Å². The van der Waals surface area contributed by atoms with Crippen molar-refractivity contribution in [3.05, 3.63) is 23.8 Å². The second-order valence-corrected chi connectivity index (χ2v) is 11.4. The molecule has 0 aliphatic heterocycles. The van der Waals surface area contributed by atoms with Gasteiger partial charge in [0.15, 0.2) is 0 Å². The van der Waals surface area contributed by atoms with Crippen LogP contribution in [0, 0.1) is 21.7 Å². The highest BCUT2D eigenvalue weighted by molar-refractivity contribution is 5.34. The van der Waals surface area contributed by atoms with E-state index in [1.165, 1.54) is 5.57 Å². The maximum atomic E-state index is 11.2. The molecule has 0 aromatic heterocycles. The Hall–Kier alpha value is -0.560. The molecule has 0 aromatic carbocycles. The van der Waals surface area contributed by atoms with Gasteiger partial charge in [-0.25, -0.2) is 0 Å². The average Bonchev–Trinajstić information content (AvgIpc) is 2.22. The third-order valence-electron chi connectivity index (χ3n) is 5.07. The standard InChI is InChI=1S/C22H40O/c1-18(2,3)15-20(7,8)17-11-13-22(23,14-12-17)21(9,10)16-19(4,5)6/h11-13,23H,14-16H2,1-10H3. The normalized spacial score (nSPS) is 23.9. The van der Waals surface area contributed by atoms with E-state index in [9.17, 15) is 5.11 Å². The Balaban J connectivity index is 2.95. The zero-order valence-electron chi connectivity index (χ0n) is 17.3. The minimum absolute atomic E-state index is 0.141. The molecule has 0 saturated carbocycles. The predicted octanol–water partition coefficient (Wildman–Crippen LogP) is 6.53. The highest BCUT2D eigenvalue weighted by Gasteiger charge is 2.44. The lowest BCUT2D eigenvalue weighted by molar-refractivity contribution is -0.0445. The Kier molecular flexibility index (Phi) is 5.40. The first-order valence-electron chi connectivity index (χ1n) is 9.10. The number of rotatable bonds is 4. The van der Waals surface area contributed by atoms with Crippen molar-refractivity contribution in [1.29, 1.82) is 0 Å². The van der Waals surface area contributed by atoms with Crippen LogP contribution in [0.4, 0.5) is 0 Å². The maximum Gasteiger partial charge on any atom is 0.0916 e. The van der Waals surface area contributed by atoms with Crippen molar-refractivity contribution in [3.63, 3.8) is 0 Å². The number of aliphatic hydroxyl groups is 1. The first-order chi connectivity index (χ1) is 9.98. The van der Waals surface area contributed by atoms with E-state index in [0.29, 0.717) is 5.41 Å². The third-order valence-corrected chi connectivity index (χ3v) is 5.07. The molecule has 0 saturated heterocycles. The fraction of sp³-hybridized carbons (Fsp3) is 0.818. The molecule has 1 aliphatic rings. The molecule has 134 valence electrons. The van der Waals surface area contributed by atoms with Gasteiger partial charge in [-0.2, -0.15) is 0 Å². The quantitative estimate of drug-likeness (QED) is 0.624. The molecule has 23 heavy (non-hydrogen) atoms. The molecule has 0 fully saturated rings. The van der Waals surface area contributed by atoms with Gasteiger partial charge in [-0.3, -0.25) is 0 Å². The summed E-state index contributed by atoms with van der Waals surface area (Å²) in [6.07, 6.45) is 9.37. The molecular formula is C22H40O. The van der Waals surface area contributed by atoms with Crippen LogP contribution in [0.2, 0.25) is 0 Å². The Morgan fingerprint density at radius 1 is 0.870 bits per heavy atom. The molecule has 0 heterocycles. The lowest BCUT2D eigenvalue weighted by Crippen LogP contribution is -2.45. The van der Waals surface area contributed by atoms with E-state index in [0.717, 1.165) is 19.3 Å². The predicted molar refractivity (Wildman–Crippen MR) is 102 cm³/mol. The summed E-state index contributed by atoms with van der Waals surface area (Å²) in [4.78, 5) is 0. The maximum absolute atomic E-state index is 11.2. The largest absolute Gasteiger partial charge is 0.385 e. The Labute approximate surface area is 145 Å². The van der Waals surface area contributed by atoms with Crippen LogP contribution in [0.1, 0.15) is 88.5 Å². The summed E-state index contributed by atoms with van der Waals surface area (Å²) in [6, 6.07) is 0. The van der Waals surface area contributed by atoms with Crippen LogP contribution in [0.25, 0.3) is 0 Å². The Morgan fingerprint density at radius 3 is 1.70 bits per heavy atom. The first-order valence-corrected chi connectivity index (χ1v) is 9.10. The van der Waals surface area contributed by atoms with Crippen LogP contribution < -0.4 is 0 Å². The van der Waals surface area contributed by atoms with Gasteiger partial charge in [-0.1, -0.05) is 87.5 Å². The molecule has 1 aliphatic carbocycles. The molecule has 1 unspecified atom stereocenters. The Bertz CT molecular complexity index is 477. The van der Waals surface area contributed by atoms with E-state index in [2.05, 4.69) is 87.5 Å². The van der Waals surface area contributed by atoms with Crippen LogP contribution in [0.15, 0.2) is 23.8 Å². The second-order valence-electron chi connectivity index (χ2n) is 11.4. The number of hydrogen-bond acceptors (Lipinski definition) is 1. The number of allylic oxidation sites excluding steroid dienone is 2.